The number of hydrogen-bond donors (Lipinski definition) is 1. The van der Waals surface area contributed by atoms with Gasteiger partial charge in [-0.3, -0.25) is 19.7 Å². The summed E-state index contributed by atoms with van der Waals surface area (Å²) in [6, 6.07) is 3.61. The van der Waals surface area contributed by atoms with Gasteiger partial charge in [0.25, 0.3) is 11.6 Å². The summed E-state index contributed by atoms with van der Waals surface area (Å²) < 4.78 is 5.20. The zero-order chi connectivity index (χ0) is 15.3. The predicted octanol–water partition coefficient (Wildman–Crippen LogP) is 1.70. The van der Waals surface area contributed by atoms with Gasteiger partial charge in [-0.25, -0.2) is 0 Å². The number of nitro benzene ring substituents is 1. The SMILES string of the molecule is CC(C)(C)NC(=O)COc1ccc([N+](=O)[O-])cc1C=O. The van der Waals surface area contributed by atoms with Crippen LogP contribution < -0.4 is 10.1 Å². The molecule has 0 fully saturated rings. The zero-order valence-corrected chi connectivity index (χ0v) is 11.5. The van der Waals surface area contributed by atoms with E-state index in [-0.39, 0.29) is 35.1 Å². The van der Waals surface area contributed by atoms with Crippen LogP contribution in [0.2, 0.25) is 0 Å². The van der Waals surface area contributed by atoms with E-state index in [4.69, 9.17) is 4.74 Å². The highest BCUT2D eigenvalue weighted by atomic mass is 16.6. The molecule has 1 amide bonds. The minimum Gasteiger partial charge on any atom is -0.483 e. The van der Waals surface area contributed by atoms with Crippen LogP contribution in [0.15, 0.2) is 18.2 Å². The fourth-order valence-electron chi connectivity index (χ4n) is 1.47. The highest BCUT2D eigenvalue weighted by Crippen LogP contribution is 2.22. The van der Waals surface area contributed by atoms with Crippen LogP contribution in [0, 0.1) is 10.1 Å². The van der Waals surface area contributed by atoms with Crippen LogP contribution in [-0.4, -0.2) is 29.3 Å². The van der Waals surface area contributed by atoms with Gasteiger partial charge >= 0.3 is 0 Å². The number of non-ortho nitro benzene ring substituents is 1. The Morgan fingerprint density at radius 2 is 2.10 bits per heavy atom. The van der Waals surface area contributed by atoms with E-state index in [1.54, 1.807) is 0 Å². The van der Waals surface area contributed by atoms with E-state index < -0.39 is 4.92 Å². The van der Waals surface area contributed by atoms with Crippen LogP contribution in [-0.2, 0) is 4.79 Å². The Morgan fingerprint density at radius 3 is 2.60 bits per heavy atom. The van der Waals surface area contributed by atoms with Gasteiger partial charge in [0, 0.05) is 17.7 Å². The second kappa shape index (κ2) is 6.14. The molecule has 0 aromatic heterocycles. The molecule has 7 heteroatoms. The molecule has 0 bridgehead atoms. The average Bonchev–Trinajstić information content (AvgIpc) is 2.33. The molecule has 0 spiro atoms. The quantitative estimate of drug-likeness (QED) is 0.503. The molecule has 20 heavy (non-hydrogen) atoms. The lowest BCUT2D eigenvalue weighted by Gasteiger charge is -2.20. The summed E-state index contributed by atoms with van der Waals surface area (Å²) in [6.45, 7) is 5.21. The molecule has 0 aliphatic rings. The van der Waals surface area contributed by atoms with Gasteiger partial charge in [-0.2, -0.15) is 0 Å². The summed E-state index contributed by atoms with van der Waals surface area (Å²) in [4.78, 5) is 32.4. The van der Waals surface area contributed by atoms with E-state index in [0.29, 0.717) is 6.29 Å². The van der Waals surface area contributed by atoms with Crippen molar-refractivity contribution in [2.24, 2.45) is 0 Å². The molecule has 0 atom stereocenters. The lowest BCUT2D eigenvalue weighted by atomic mass is 10.1. The molecule has 0 saturated carbocycles. The minimum atomic E-state index is -0.608. The number of benzene rings is 1. The summed E-state index contributed by atoms with van der Waals surface area (Å²) in [7, 11) is 0. The number of nitrogens with one attached hydrogen (secondary N) is 1. The van der Waals surface area contributed by atoms with E-state index in [1.807, 2.05) is 20.8 Å². The first-order chi connectivity index (χ1) is 9.23. The van der Waals surface area contributed by atoms with Gasteiger partial charge < -0.3 is 10.1 Å². The molecule has 1 N–H and O–H groups in total. The molecule has 1 rings (SSSR count). The minimum absolute atomic E-state index is 0.0303. The smallest absolute Gasteiger partial charge is 0.270 e. The Kier molecular flexibility index (Phi) is 4.79. The number of hydrogen-bond acceptors (Lipinski definition) is 5. The number of nitrogens with zero attached hydrogens (tertiary/aromatic N) is 1. The Hall–Kier alpha value is -2.44. The van der Waals surface area contributed by atoms with Gasteiger partial charge in [-0.1, -0.05) is 0 Å². The van der Waals surface area contributed by atoms with Crippen molar-refractivity contribution in [3.63, 3.8) is 0 Å². The van der Waals surface area contributed by atoms with Gasteiger partial charge in [0.05, 0.1) is 10.5 Å². The largest absolute Gasteiger partial charge is 0.483 e. The van der Waals surface area contributed by atoms with Crippen molar-refractivity contribution < 1.29 is 19.2 Å². The van der Waals surface area contributed by atoms with E-state index >= 15 is 0 Å². The molecule has 0 radical (unpaired) electrons. The normalized spacial score (nSPS) is 10.8. The van der Waals surface area contributed by atoms with Gasteiger partial charge in [0.15, 0.2) is 12.9 Å². The number of aldehydes is 1. The maximum Gasteiger partial charge on any atom is 0.270 e. The third kappa shape index (κ3) is 4.68. The highest BCUT2D eigenvalue weighted by molar-refractivity contribution is 5.82. The lowest BCUT2D eigenvalue weighted by Crippen LogP contribution is -2.43. The van der Waals surface area contributed by atoms with Crippen LogP contribution in [0.1, 0.15) is 31.1 Å². The van der Waals surface area contributed by atoms with Gasteiger partial charge in [0.2, 0.25) is 0 Å². The molecule has 0 aliphatic heterocycles. The van der Waals surface area contributed by atoms with E-state index in [0.717, 1.165) is 6.07 Å². The molecule has 108 valence electrons. The molecule has 0 unspecified atom stereocenters. The fraction of sp³-hybridized carbons (Fsp3) is 0.385. The zero-order valence-electron chi connectivity index (χ0n) is 11.5. The van der Waals surface area contributed by atoms with Gasteiger partial charge in [-0.05, 0) is 26.8 Å². The maximum absolute atomic E-state index is 11.6. The third-order valence-electron chi connectivity index (χ3n) is 2.20. The van der Waals surface area contributed by atoms with Crippen molar-refractivity contribution in [3.8, 4) is 5.75 Å². The van der Waals surface area contributed by atoms with Crippen LogP contribution >= 0.6 is 0 Å². The van der Waals surface area contributed by atoms with Crippen LogP contribution in [0.25, 0.3) is 0 Å². The molecular formula is C13H16N2O5. The standard InChI is InChI=1S/C13H16N2O5/c1-13(2,3)14-12(17)8-20-11-5-4-10(15(18)19)6-9(11)7-16/h4-7H,8H2,1-3H3,(H,14,17). The average molecular weight is 280 g/mol. The Morgan fingerprint density at radius 1 is 1.45 bits per heavy atom. The fourth-order valence-corrected chi connectivity index (χ4v) is 1.47. The molecule has 0 heterocycles. The van der Waals surface area contributed by atoms with Gasteiger partial charge in [0.1, 0.15) is 5.75 Å². The van der Waals surface area contributed by atoms with Crippen molar-refractivity contribution in [1.29, 1.82) is 0 Å². The maximum atomic E-state index is 11.6. The summed E-state index contributed by atoms with van der Waals surface area (Å²) in [6.07, 6.45) is 0.448. The second-order valence-corrected chi connectivity index (χ2v) is 5.18. The summed E-state index contributed by atoms with van der Waals surface area (Å²) in [5, 5.41) is 13.3. The van der Waals surface area contributed by atoms with Crippen LogP contribution in [0.5, 0.6) is 5.75 Å². The van der Waals surface area contributed by atoms with Crippen molar-refractivity contribution in [3.05, 3.63) is 33.9 Å². The molecule has 0 aliphatic carbocycles. The first-order valence-electron chi connectivity index (χ1n) is 5.90. The Balaban J connectivity index is 2.76. The molecule has 7 nitrogen and oxygen atoms in total. The number of amides is 1. The van der Waals surface area contributed by atoms with Crippen molar-refractivity contribution in [2.75, 3.05) is 6.61 Å². The topological polar surface area (TPSA) is 98.5 Å². The summed E-state index contributed by atoms with van der Waals surface area (Å²) in [5.41, 5.74) is -0.565. The lowest BCUT2D eigenvalue weighted by molar-refractivity contribution is -0.384. The van der Waals surface area contributed by atoms with Crippen LogP contribution in [0.3, 0.4) is 0 Å². The second-order valence-electron chi connectivity index (χ2n) is 5.18. The third-order valence-corrected chi connectivity index (χ3v) is 2.20. The highest BCUT2D eigenvalue weighted by Gasteiger charge is 2.16. The summed E-state index contributed by atoms with van der Waals surface area (Å²) in [5.74, 6) is -0.206. The molecule has 1 aromatic rings. The number of rotatable bonds is 5. The van der Waals surface area contributed by atoms with Crippen molar-refractivity contribution in [2.45, 2.75) is 26.3 Å². The molecule has 0 saturated heterocycles. The number of nitro groups is 1. The Labute approximate surface area is 116 Å². The monoisotopic (exact) mass is 280 g/mol. The van der Waals surface area contributed by atoms with Crippen molar-refractivity contribution in [1.82, 2.24) is 5.32 Å². The van der Waals surface area contributed by atoms with Crippen LogP contribution in [0.4, 0.5) is 5.69 Å². The molecule has 1 aromatic carbocycles. The molecular weight excluding hydrogens is 264 g/mol. The van der Waals surface area contributed by atoms with Gasteiger partial charge in [-0.15, -0.1) is 0 Å². The number of carbonyl (C=O) groups is 2. The van der Waals surface area contributed by atoms with E-state index in [9.17, 15) is 19.7 Å². The van der Waals surface area contributed by atoms with Crippen molar-refractivity contribution >= 4 is 17.9 Å². The first kappa shape index (κ1) is 15.6. The predicted molar refractivity (Wildman–Crippen MR) is 71.9 cm³/mol. The van der Waals surface area contributed by atoms with E-state index in [2.05, 4.69) is 5.32 Å². The Bertz CT molecular complexity index is 534. The first-order valence-corrected chi connectivity index (χ1v) is 5.90. The van der Waals surface area contributed by atoms with E-state index in [1.165, 1.54) is 12.1 Å². The summed E-state index contributed by atoms with van der Waals surface area (Å²) >= 11 is 0. The number of ether oxygens (including phenoxy) is 1. The number of carbonyl (C=O) groups excluding carboxylic acids is 2.